The maximum Gasteiger partial charge on any atom is 0.190 e. The Balaban J connectivity index is 1.64. The lowest BCUT2D eigenvalue weighted by Gasteiger charge is -2.14. The maximum atomic E-state index is 13.5. The zero-order valence-electron chi connectivity index (χ0n) is 12.6. The second-order valence-electron chi connectivity index (χ2n) is 5.19. The van der Waals surface area contributed by atoms with Crippen molar-refractivity contribution in [3.05, 3.63) is 35.6 Å². The predicted molar refractivity (Wildman–Crippen MR) is 83.1 cm³/mol. The van der Waals surface area contributed by atoms with Gasteiger partial charge in [0.15, 0.2) is 5.96 Å². The Bertz CT molecular complexity index is 459. The fourth-order valence-corrected chi connectivity index (χ4v) is 2.46. The van der Waals surface area contributed by atoms with Crippen LogP contribution in [0.15, 0.2) is 29.3 Å². The average Bonchev–Trinajstić information content (AvgIpc) is 3.01. The lowest BCUT2D eigenvalue weighted by Crippen LogP contribution is -2.39. The molecule has 0 amide bonds. The highest BCUT2D eigenvalue weighted by atomic mass is 19.1. The third-order valence-corrected chi connectivity index (χ3v) is 3.65. The number of rotatable bonds is 6. The van der Waals surface area contributed by atoms with Crippen molar-refractivity contribution < 1.29 is 9.13 Å². The molecule has 116 valence electrons. The number of hydrogen-bond acceptors (Lipinski definition) is 2. The normalized spacial score (nSPS) is 18.8. The van der Waals surface area contributed by atoms with Gasteiger partial charge in [0, 0.05) is 26.7 Å². The fourth-order valence-electron chi connectivity index (χ4n) is 2.46. The van der Waals surface area contributed by atoms with E-state index in [4.69, 9.17) is 4.74 Å². The minimum Gasteiger partial charge on any atom is -0.378 e. The molecule has 0 radical (unpaired) electrons. The van der Waals surface area contributed by atoms with Crippen molar-refractivity contribution in [2.45, 2.75) is 31.8 Å². The monoisotopic (exact) mass is 293 g/mol. The lowest BCUT2D eigenvalue weighted by atomic mass is 10.1. The van der Waals surface area contributed by atoms with Crippen LogP contribution in [0.4, 0.5) is 4.39 Å². The summed E-state index contributed by atoms with van der Waals surface area (Å²) < 4.78 is 19.1. The van der Waals surface area contributed by atoms with Gasteiger partial charge in [-0.25, -0.2) is 4.39 Å². The Labute approximate surface area is 125 Å². The van der Waals surface area contributed by atoms with Gasteiger partial charge in [0.1, 0.15) is 5.82 Å². The van der Waals surface area contributed by atoms with Crippen LogP contribution in [0.1, 0.15) is 24.8 Å². The molecule has 0 saturated carbocycles. The third kappa shape index (κ3) is 5.34. The Kier molecular flexibility index (Phi) is 6.47. The molecule has 4 nitrogen and oxygen atoms in total. The van der Waals surface area contributed by atoms with Crippen molar-refractivity contribution in [2.24, 2.45) is 4.99 Å². The first-order chi connectivity index (χ1) is 10.3. The maximum absolute atomic E-state index is 13.5. The molecule has 0 spiro atoms. The molecule has 1 atom stereocenters. The van der Waals surface area contributed by atoms with Crippen molar-refractivity contribution in [3.8, 4) is 0 Å². The number of hydrogen-bond donors (Lipinski definition) is 2. The summed E-state index contributed by atoms with van der Waals surface area (Å²) in [6, 6.07) is 6.86. The molecule has 21 heavy (non-hydrogen) atoms. The third-order valence-electron chi connectivity index (χ3n) is 3.65. The standard InChI is InChI=1S/C16H24FN3O/c1-18-16(20-11-9-14-6-4-12-21-14)19-10-8-13-5-2-3-7-15(13)17/h2-3,5,7,14H,4,6,8-12H2,1H3,(H2,18,19,20). The van der Waals surface area contributed by atoms with Crippen molar-refractivity contribution in [1.82, 2.24) is 10.6 Å². The first-order valence-electron chi connectivity index (χ1n) is 7.59. The molecule has 1 unspecified atom stereocenters. The van der Waals surface area contributed by atoms with Crippen molar-refractivity contribution >= 4 is 5.96 Å². The molecule has 0 aromatic heterocycles. The number of nitrogens with zero attached hydrogens (tertiary/aromatic N) is 1. The summed E-state index contributed by atoms with van der Waals surface area (Å²) >= 11 is 0. The van der Waals surface area contributed by atoms with E-state index >= 15 is 0 Å². The Morgan fingerprint density at radius 2 is 2.14 bits per heavy atom. The number of ether oxygens (including phenoxy) is 1. The van der Waals surface area contributed by atoms with E-state index in [1.807, 2.05) is 12.1 Å². The molecule has 1 heterocycles. The van der Waals surface area contributed by atoms with Crippen LogP contribution >= 0.6 is 0 Å². The van der Waals surface area contributed by atoms with E-state index in [0.717, 1.165) is 37.5 Å². The predicted octanol–water partition coefficient (Wildman–Crippen LogP) is 2.10. The molecular weight excluding hydrogens is 269 g/mol. The van der Waals surface area contributed by atoms with E-state index in [0.29, 0.717) is 19.1 Å². The summed E-state index contributed by atoms with van der Waals surface area (Å²) in [5.41, 5.74) is 0.722. The average molecular weight is 293 g/mol. The fraction of sp³-hybridized carbons (Fsp3) is 0.562. The molecule has 1 aliphatic rings. The van der Waals surface area contributed by atoms with Crippen LogP contribution in [0.2, 0.25) is 0 Å². The van der Waals surface area contributed by atoms with E-state index in [1.54, 1.807) is 13.1 Å². The zero-order chi connectivity index (χ0) is 14.9. The minimum atomic E-state index is -0.152. The topological polar surface area (TPSA) is 45.7 Å². The molecule has 5 heteroatoms. The SMILES string of the molecule is CN=C(NCCc1ccccc1F)NCCC1CCCO1. The summed E-state index contributed by atoms with van der Waals surface area (Å²) in [7, 11) is 1.74. The molecule has 0 aliphatic carbocycles. The van der Waals surface area contributed by atoms with Gasteiger partial charge in [-0.05, 0) is 37.3 Å². The molecule has 1 saturated heterocycles. The van der Waals surface area contributed by atoms with E-state index in [2.05, 4.69) is 15.6 Å². The molecule has 2 N–H and O–H groups in total. The van der Waals surface area contributed by atoms with Gasteiger partial charge in [-0.3, -0.25) is 4.99 Å². The van der Waals surface area contributed by atoms with Crippen LogP contribution in [-0.4, -0.2) is 38.8 Å². The van der Waals surface area contributed by atoms with Gasteiger partial charge in [-0.1, -0.05) is 18.2 Å². The zero-order valence-corrected chi connectivity index (χ0v) is 12.6. The number of guanidine groups is 1. The van der Waals surface area contributed by atoms with Gasteiger partial charge in [-0.15, -0.1) is 0 Å². The molecular formula is C16H24FN3O. The molecule has 1 aromatic rings. The second kappa shape index (κ2) is 8.62. The molecule has 1 aliphatic heterocycles. The highest BCUT2D eigenvalue weighted by molar-refractivity contribution is 5.79. The van der Waals surface area contributed by atoms with Crippen molar-refractivity contribution in [2.75, 3.05) is 26.7 Å². The van der Waals surface area contributed by atoms with Crippen molar-refractivity contribution in [3.63, 3.8) is 0 Å². The van der Waals surface area contributed by atoms with Crippen molar-refractivity contribution in [1.29, 1.82) is 0 Å². The van der Waals surface area contributed by atoms with Gasteiger partial charge in [-0.2, -0.15) is 0 Å². The highest BCUT2D eigenvalue weighted by Crippen LogP contribution is 2.14. The van der Waals surface area contributed by atoms with Gasteiger partial charge < -0.3 is 15.4 Å². The van der Waals surface area contributed by atoms with Crippen LogP contribution in [0.3, 0.4) is 0 Å². The summed E-state index contributed by atoms with van der Waals surface area (Å²) in [6.45, 7) is 2.38. The molecule has 0 bridgehead atoms. The van der Waals surface area contributed by atoms with E-state index < -0.39 is 0 Å². The number of nitrogens with one attached hydrogen (secondary N) is 2. The summed E-state index contributed by atoms with van der Waals surface area (Å²) in [4.78, 5) is 4.17. The van der Waals surface area contributed by atoms with Gasteiger partial charge in [0.05, 0.1) is 6.10 Å². The molecule has 2 rings (SSSR count). The van der Waals surface area contributed by atoms with Crippen LogP contribution in [0, 0.1) is 5.82 Å². The first kappa shape index (κ1) is 15.8. The first-order valence-corrected chi connectivity index (χ1v) is 7.59. The van der Waals surface area contributed by atoms with Crippen LogP contribution in [-0.2, 0) is 11.2 Å². The van der Waals surface area contributed by atoms with E-state index in [1.165, 1.54) is 12.5 Å². The van der Waals surface area contributed by atoms with Crippen LogP contribution < -0.4 is 10.6 Å². The van der Waals surface area contributed by atoms with Gasteiger partial charge in [0.2, 0.25) is 0 Å². The Morgan fingerprint density at radius 3 is 2.86 bits per heavy atom. The van der Waals surface area contributed by atoms with Gasteiger partial charge in [0.25, 0.3) is 0 Å². The Hall–Kier alpha value is -1.62. The van der Waals surface area contributed by atoms with Crippen LogP contribution in [0.25, 0.3) is 0 Å². The molecule has 1 fully saturated rings. The number of aliphatic imine (C=N–C) groups is 1. The van der Waals surface area contributed by atoms with Crippen LogP contribution in [0.5, 0.6) is 0 Å². The lowest BCUT2D eigenvalue weighted by molar-refractivity contribution is 0.105. The summed E-state index contributed by atoms with van der Waals surface area (Å²) in [5.74, 6) is 0.602. The second-order valence-corrected chi connectivity index (χ2v) is 5.19. The number of halogens is 1. The molecule has 1 aromatic carbocycles. The quantitative estimate of drug-likeness (QED) is 0.624. The minimum absolute atomic E-state index is 0.152. The van der Waals surface area contributed by atoms with Gasteiger partial charge >= 0.3 is 0 Å². The largest absolute Gasteiger partial charge is 0.378 e. The highest BCUT2D eigenvalue weighted by Gasteiger charge is 2.14. The summed E-state index contributed by atoms with van der Waals surface area (Å²) in [6.07, 6.45) is 4.34. The van der Waals surface area contributed by atoms with E-state index in [9.17, 15) is 4.39 Å². The Morgan fingerprint density at radius 1 is 1.33 bits per heavy atom. The number of benzene rings is 1. The smallest absolute Gasteiger partial charge is 0.190 e. The van der Waals surface area contributed by atoms with E-state index in [-0.39, 0.29) is 5.82 Å². The summed E-state index contributed by atoms with van der Waals surface area (Å²) in [5, 5.41) is 6.46.